The molecule has 0 saturated heterocycles. The number of anilines is 2. The third-order valence-corrected chi connectivity index (χ3v) is 4.00. The molecule has 18 heavy (non-hydrogen) atoms. The molecule has 0 atom stereocenters. The van der Waals surface area contributed by atoms with Crippen molar-refractivity contribution in [1.82, 2.24) is 4.98 Å². The Hall–Kier alpha value is -1.50. The highest BCUT2D eigenvalue weighted by molar-refractivity contribution is 7.16. The molecule has 7 heteroatoms. The zero-order chi connectivity index (χ0) is 13.0. The maximum absolute atomic E-state index is 12.9. The quantitative estimate of drug-likeness (QED) is 0.825. The first-order valence-corrected chi connectivity index (χ1v) is 6.27. The Morgan fingerprint density at radius 1 is 1.33 bits per heavy atom. The molecular weight excluding hydrogens is 263 g/mol. The highest BCUT2D eigenvalue weighted by Crippen LogP contribution is 2.52. The fourth-order valence-electron chi connectivity index (χ4n) is 1.92. The van der Waals surface area contributed by atoms with Crippen molar-refractivity contribution in [1.29, 1.82) is 0 Å². The second kappa shape index (κ2) is 3.50. The van der Waals surface area contributed by atoms with Crippen LogP contribution in [0.25, 0.3) is 10.2 Å². The Morgan fingerprint density at radius 2 is 2.06 bits per heavy atom. The number of nitrogens with one attached hydrogen (secondary N) is 1. The van der Waals surface area contributed by atoms with Crippen LogP contribution in [0.4, 0.5) is 24.5 Å². The van der Waals surface area contributed by atoms with Crippen LogP contribution in [-0.4, -0.2) is 16.7 Å². The molecule has 1 fully saturated rings. The lowest BCUT2D eigenvalue weighted by molar-refractivity contribution is -0.151. The van der Waals surface area contributed by atoms with Crippen molar-refractivity contribution in [2.75, 3.05) is 11.1 Å². The zero-order valence-corrected chi connectivity index (χ0v) is 10.0. The first kappa shape index (κ1) is 11.6. The van der Waals surface area contributed by atoms with E-state index in [1.165, 1.54) is 11.3 Å². The van der Waals surface area contributed by atoms with Gasteiger partial charge in [0.05, 0.1) is 21.6 Å². The summed E-state index contributed by atoms with van der Waals surface area (Å²) in [5.74, 6) is 0. The molecule has 1 aromatic heterocycles. The summed E-state index contributed by atoms with van der Waals surface area (Å²) >= 11 is 1.41. The molecule has 0 spiro atoms. The number of benzene rings is 1. The van der Waals surface area contributed by atoms with E-state index in [-0.39, 0.29) is 18.5 Å². The molecular formula is C11H10F3N3S. The molecule has 0 amide bonds. The molecule has 1 saturated carbocycles. The van der Waals surface area contributed by atoms with Crippen molar-refractivity contribution in [3.63, 3.8) is 0 Å². The maximum atomic E-state index is 12.9. The van der Waals surface area contributed by atoms with E-state index < -0.39 is 11.7 Å². The van der Waals surface area contributed by atoms with Crippen molar-refractivity contribution in [2.45, 2.75) is 24.6 Å². The van der Waals surface area contributed by atoms with E-state index in [1.54, 1.807) is 17.6 Å². The Morgan fingerprint density at radius 3 is 2.67 bits per heavy atom. The van der Waals surface area contributed by atoms with Crippen molar-refractivity contribution >= 4 is 32.9 Å². The number of hydrogen-bond donors (Lipinski definition) is 2. The number of nitrogens with two attached hydrogens (primary N) is 1. The number of nitrogens with zero attached hydrogens (tertiary/aromatic N) is 1. The van der Waals surface area contributed by atoms with Crippen LogP contribution in [0.1, 0.15) is 12.8 Å². The van der Waals surface area contributed by atoms with E-state index in [9.17, 15) is 13.2 Å². The monoisotopic (exact) mass is 273 g/mol. The van der Waals surface area contributed by atoms with Gasteiger partial charge in [0.15, 0.2) is 0 Å². The minimum atomic E-state index is -4.25. The van der Waals surface area contributed by atoms with Crippen LogP contribution in [0.15, 0.2) is 17.6 Å². The van der Waals surface area contributed by atoms with E-state index >= 15 is 0 Å². The fourth-order valence-corrected chi connectivity index (χ4v) is 2.62. The first-order valence-electron chi connectivity index (χ1n) is 5.40. The van der Waals surface area contributed by atoms with Crippen molar-refractivity contribution < 1.29 is 13.2 Å². The summed E-state index contributed by atoms with van der Waals surface area (Å²) in [7, 11) is 0. The highest BCUT2D eigenvalue weighted by atomic mass is 32.1. The molecule has 96 valence electrons. The SMILES string of the molecule is Nc1c(NC2(C(F)(F)F)CC2)ccc2scnc12. The van der Waals surface area contributed by atoms with Gasteiger partial charge in [0.2, 0.25) is 0 Å². The van der Waals surface area contributed by atoms with E-state index in [0.29, 0.717) is 11.2 Å². The molecule has 3 rings (SSSR count). The van der Waals surface area contributed by atoms with Crippen LogP contribution in [0.5, 0.6) is 0 Å². The predicted octanol–water partition coefficient (Wildman–Crippen LogP) is 3.39. The lowest BCUT2D eigenvalue weighted by Crippen LogP contribution is -2.38. The second-order valence-corrected chi connectivity index (χ2v) is 5.32. The molecule has 0 unspecified atom stereocenters. The lowest BCUT2D eigenvalue weighted by Gasteiger charge is -2.22. The van der Waals surface area contributed by atoms with Gasteiger partial charge in [-0.05, 0) is 25.0 Å². The zero-order valence-electron chi connectivity index (χ0n) is 9.21. The molecule has 1 aliphatic carbocycles. The van der Waals surface area contributed by atoms with Gasteiger partial charge >= 0.3 is 6.18 Å². The predicted molar refractivity (Wildman–Crippen MR) is 65.7 cm³/mol. The molecule has 0 bridgehead atoms. The third-order valence-electron chi connectivity index (χ3n) is 3.21. The standard InChI is InChI=1S/C11H10F3N3S/c12-11(13,14)10(3-4-10)17-6-1-2-7-9(8(6)15)16-5-18-7/h1-2,5,17H,3-4,15H2. The van der Waals surface area contributed by atoms with Gasteiger partial charge in [0.1, 0.15) is 11.1 Å². The van der Waals surface area contributed by atoms with E-state index in [0.717, 1.165) is 4.70 Å². The number of thiazole rings is 1. The summed E-state index contributed by atoms with van der Waals surface area (Å²) in [5, 5.41) is 2.53. The summed E-state index contributed by atoms with van der Waals surface area (Å²) in [6.07, 6.45) is -4.08. The van der Waals surface area contributed by atoms with Crippen LogP contribution in [0.2, 0.25) is 0 Å². The van der Waals surface area contributed by atoms with Gasteiger partial charge in [0.25, 0.3) is 0 Å². The normalized spacial score (nSPS) is 17.9. The van der Waals surface area contributed by atoms with Gasteiger partial charge in [-0.3, -0.25) is 0 Å². The van der Waals surface area contributed by atoms with E-state index in [2.05, 4.69) is 10.3 Å². The minimum absolute atomic E-state index is 0.0883. The van der Waals surface area contributed by atoms with Gasteiger partial charge in [-0.2, -0.15) is 13.2 Å². The molecule has 1 aromatic carbocycles. The molecule has 0 aliphatic heterocycles. The molecule has 3 N–H and O–H groups in total. The number of fused-ring (bicyclic) bond motifs is 1. The molecule has 0 radical (unpaired) electrons. The van der Waals surface area contributed by atoms with Crippen molar-refractivity contribution in [2.24, 2.45) is 0 Å². The Kier molecular flexibility index (Phi) is 2.25. The number of alkyl halides is 3. The van der Waals surface area contributed by atoms with Crippen LogP contribution in [0.3, 0.4) is 0 Å². The highest BCUT2D eigenvalue weighted by Gasteiger charge is 2.63. The van der Waals surface area contributed by atoms with Gasteiger partial charge < -0.3 is 11.1 Å². The summed E-state index contributed by atoms with van der Waals surface area (Å²) in [5.41, 5.74) is 6.83. The summed E-state index contributed by atoms with van der Waals surface area (Å²) in [6, 6.07) is 3.32. The largest absolute Gasteiger partial charge is 0.411 e. The van der Waals surface area contributed by atoms with Crippen LogP contribution in [0, 0.1) is 0 Å². The van der Waals surface area contributed by atoms with Crippen LogP contribution in [-0.2, 0) is 0 Å². The number of nitrogen functional groups attached to an aromatic ring is 1. The molecule has 2 aromatic rings. The Balaban J connectivity index is 1.98. The smallest absolute Gasteiger partial charge is 0.395 e. The lowest BCUT2D eigenvalue weighted by atomic mass is 10.2. The number of aromatic nitrogens is 1. The average Bonchev–Trinajstić information content (AvgIpc) is 2.92. The van der Waals surface area contributed by atoms with Gasteiger partial charge in [-0.25, -0.2) is 4.98 Å². The van der Waals surface area contributed by atoms with Gasteiger partial charge in [-0.15, -0.1) is 11.3 Å². The van der Waals surface area contributed by atoms with Gasteiger partial charge in [0, 0.05) is 0 Å². The summed E-state index contributed by atoms with van der Waals surface area (Å²) < 4.78 is 39.4. The van der Waals surface area contributed by atoms with Crippen molar-refractivity contribution in [3.05, 3.63) is 17.6 Å². The fraction of sp³-hybridized carbons (Fsp3) is 0.364. The average molecular weight is 273 g/mol. The van der Waals surface area contributed by atoms with Crippen molar-refractivity contribution in [3.8, 4) is 0 Å². The van der Waals surface area contributed by atoms with E-state index in [4.69, 9.17) is 5.73 Å². The molecule has 1 aliphatic rings. The van der Waals surface area contributed by atoms with Crippen LogP contribution < -0.4 is 11.1 Å². The molecule has 1 heterocycles. The van der Waals surface area contributed by atoms with E-state index in [1.807, 2.05) is 0 Å². The number of rotatable bonds is 2. The second-order valence-electron chi connectivity index (χ2n) is 4.43. The Bertz CT molecular complexity index is 601. The maximum Gasteiger partial charge on any atom is 0.411 e. The summed E-state index contributed by atoms with van der Waals surface area (Å²) in [4.78, 5) is 4.06. The summed E-state index contributed by atoms with van der Waals surface area (Å²) in [6.45, 7) is 0. The third kappa shape index (κ3) is 1.61. The minimum Gasteiger partial charge on any atom is -0.395 e. The van der Waals surface area contributed by atoms with Gasteiger partial charge in [-0.1, -0.05) is 0 Å². The topological polar surface area (TPSA) is 50.9 Å². The Labute approximate surface area is 105 Å². The number of halogens is 3. The molecule has 3 nitrogen and oxygen atoms in total. The van der Waals surface area contributed by atoms with Crippen LogP contribution >= 0.6 is 11.3 Å². The number of hydrogen-bond acceptors (Lipinski definition) is 4. The first-order chi connectivity index (χ1) is 8.43.